The molecule has 0 N–H and O–H groups in total. The first-order valence-electron chi connectivity index (χ1n) is 8.46. The topological polar surface area (TPSA) is 43.4 Å². The lowest BCUT2D eigenvalue weighted by Crippen LogP contribution is -2.10. The molecule has 0 amide bonds. The minimum Gasteiger partial charge on any atom is -0.461 e. The van der Waals surface area contributed by atoms with Crippen molar-refractivity contribution in [1.82, 2.24) is 0 Å². The van der Waals surface area contributed by atoms with Crippen LogP contribution in [-0.4, -0.2) is 18.4 Å². The van der Waals surface area contributed by atoms with Crippen molar-refractivity contribution in [3.8, 4) is 0 Å². The van der Waals surface area contributed by atoms with Crippen LogP contribution in [0.2, 0.25) is 0 Å². The quantitative estimate of drug-likeness (QED) is 0.423. The average Bonchev–Trinajstić information content (AvgIpc) is 2.60. The average molecular weight is 316 g/mol. The minimum absolute atomic E-state index is 0.0736. The molecule has 23 heavy (non-hydrogen) atoms. The van der Waals surface area contributed by atoms with E-state index in [1.54, 1.807) is 13.0 Å². The van der Waals surface area contributed by atoms with Crippen LogP contribution in [0.4, 0.5) is 0 Å². The summed E-state index contributed by atoms with van der Waals surface area (Å²) in [6.45, 7) is 5.42. The van der Waals surface area contributed by atoms with Crippen molar-refractivity contribution in [3.63, 3.8) is 0 Å². The highest BCUT2D eigenvalue weighted by Crippen LogP contribution is 2.27. The zero-order valence-corrected chi connectivity index (χ0v) is 14.1. The van der Waals surface area contributed by atoms with E-state index < -0.39 is 0 Å². The second kappa shape index (κ2) is 11.6. The number of rotatable bonds is 6. The van der Waals surface area contributed by atoms with Gasteiger partial charge in [0.25, 0.3) is 0 Å². The zero-order valence-electron chi connectivity index (χ0n) is 14.1. The van der Waals surface area contributed by atoms with Gasteiger partial charge in [-0.2, -0.15) is 0 Å². The van der Waals surface area contributed by atoms with Crippen LogP contribution in [0.1, 0.15) is 62.2 Å². The van der Waals surface area contributed by atoms with E-state index in [0.29, 0.717) is 13.0 Å². The van der Waals surface area contributed by atoms with E-state index in [1.165, 1.54) is 32.1 Å². The van der Waals surface area contributed by atoms with Crippen molar-refractivity contribution in [2.75, 3.05) is 6.61 Å². The van der Waals surface area contributed by atoms with E-state index >= 15 is 0 Å². The van der Waals surface area contributed by atoms with E-state index in [1.807, 2.05) is 30.3 Å². The van der Waals surface area contributed by atoms with Crippen LogP contribution in [0.15, 0.2) is 43.0 Å². The Kier molecular flexibility index (Phi) is 9.69. The lowest BCUT2D eigenvalue weighted by molar-refractivity contribution is -0.142. The molecule has 0 unspecified atom stereocenters. The molecule has 1 aliphatic rings. The molecule has 0 aromatic heterocycles. The van der Waals surface area contributed by atoms with Gasteiger partial charge >= 0.3 is 5.97 Å². The third-order valence-corrected chi connectivity index (χ3v) is 4.02. The summed E-state index contributed by atoms with van der Waals surface area (Å²) in [6.07, 6.45) is 9.85. The van der Waals surface area contributed by atoms with Gasteiger partial charge in [0.2, 0.25) is 0 Å². The van der Waals surface area contributed by atoms with E-state index in [4.69, 9.17) is 4.74 Å². The Balaban J connectivity index is 0.000000253. The van der Waals surface area contributed by atoms with E-state index in [2.05, 4.69) is 6.58 Å². The number of benzene rings is 1. The van der Waals surface area contributed by atoms with Gasteiger partial charge in [0.15, 0.2) is 5.78 Å². The first-order valence-corrected chi connectivity index (χ1v) is 8.46. The van der Waals surface area contributed by atoms with Crippen LogP contribution >= 0.6 is 0 Å². The first-order chi connectivity index (χ1) is 11.1. The molecule has 0 radical (unpaired) electrons. The van der Waals surface area contributed by atoms with Gasteiger partial charge in [-0.15, -0.1) is 0 Å². The predicted octanol–water partition coefficient (Wildman–Crippen LogP) is 4.97. The molecule has 1 fully saturated rings. The summed E-state index contributed by atoms with van der Waals surface area (Å²) >= 11 is 0. The second-order valence-electron chi connectivity index (χ2n) is 5.94. The Bertz CT molecular complexity index is 473. The van der Waals surface area contributed by atoms with Crippen LogP contribution in [0.3, 0.4) is 0 Å². The van der Waals surface area contributed by atoms with Crippen LogP contribution in [0.25, 0.3) is 0 Å². The Morgan fingerprint density at radius 3 is 2.35 bits per heavy atom. The van der Waals surface area contributed by atoms with Gasteiger partial charge in [-0.1, -0.05) is 75.1 Å². The van der Waals surface area contributed by atoms with Crippen LogP contribution in [0, 0.1) is 5.92 Å². The largest absolute Gasteiger partial charge is 0.461 e. The van der Waals surface area contributed by atoms with Crippen LogP contribution in [0.5, 0.6) is 0 Å². The van der Waals surface area contributed by atoms with Crippen molar-refractivity contribution < 1.29 is 14.3 Å². The number of esters is 1. The molecule has 2 rings (SSSR count). The zero-order chi connectivity index (χ0) is 16.9. The maximum absolute atomic E-state index is 11.2. The van der Waals surface area contributed by atoms with Crippen molar-refractivity contribution in [1.29, 1.82) is 0 Å². The van der Waals surface area contributed by atoms with Gasteiger partial charge in [0, 0.05) is 12.0 Å². The Morgan fingerprint density at radius 1 is 1.17 bits per heavy atom. The first kappa shape index (κ1) is 19.1. The lowest BCUT2D eigenvalue weighted by atomic mass is 9.86. The Labute approximate surface area is 139 Å². The van der Waals surface area contributed by atoms with Crippen molar-refractivity contribution in [3.05, 3.63) is 48.6 Å². The number of ether oxygens (including phenoxy) is 1. The molecule has 1 aromatic carbocycles. The van der Waals surface area contributed by atoms with Gasteiger partial charge in [0.1, 0.15) is 6.61 Å². The van der Waals surface area contributed by atoms with Crippen molar-refractivity contribution in [2.45, 2.75) is 51.9 Å². The predicted molar refractivity (Wildman–Crippen MR) is 93.4 cm³/mol. The normalized spacial score (nSPS) is 14.3. The number of carbonyl (C=O) groups is 2. The molecule has 3 heteroatoms. The molecule has 0 heterocycles. The fraction of sp³-hybridized carbons (Fsp3) is 0.500. The summed E-state index contributed by atoms with van der Waals surface area (Å²) in [5.74, 6) is 0.811. The van der Waals surface area contributed by atoms with Gasteiger partial charge in [-0.3, -0.25) is 9.59 Å². The second-order valence-corrected chi connectivity index (χ2v) is 5.94. The van der Waals surface area contributed by atoms with Gasteiger partial charge in [0.05, 0.1) is 0 Å². The van der Waals surface area contributed by atoms with Crippen molar-refractivity contribution >= 4 is 11.8 Å². The summed E-state index contributed by atoms with van der Waals surface area (Å²) in [7, 11) is 0. The van der Waals surface area contributed by atoms with Crippen LogP contribution < -0.4 is 0 Å². The summed E-state index contributed by atoms with van der Waals surface area (Å²) in [4.78, 5) is 21.8. The molecule has 0 atom stereocenters. The lowest BCUT2D eigenvalue weighted by Gasteiger charge is -2.20. The number of carbonyl (C=O) groups excluding carboxylic acids is 2. The van der Waals surface area contributed by atoms with Crippen LogP contribution in [-0.2, 0) is 9.53 Å². The molecule has 3 nitrogen and oxygen atoms in total. The van der Waals surface area contributed by atoms with Gasteiger partial charge in [-0.25, -0.2) is 0 Å². The molecular formula is C20H28O3. The molecule has 0 aliphatic heterocycles. The summed E-state index contributed by atoms with van der Waals surface area (Å²) in [5.41, 5.74) is 0.775. The Morgan fingerprint density at radius 2 is 1.83 bits per heavy atom. The summed E-state index contributed by atoms with van der Waals surface area (Å²) < 4.78 is 4.93. The molecule has 0 saturated heterocycles. The SMILES string of the molecule is C=CCOC(=O)CCC1CCCCC1.CC(=O)c1ccccc1. The number of hydrogen-bond acceptors (Lipinski definition) is 3. The minimum atomic E-state index is -0.0736. The maximum atomic E-state index is 11.2. The third kappa shape index (κ3) is 8.97. The standard InChI is InChI=1S/C12H20O2.C8H8O/c1-2-10-14-12(13)9-8-11-6-4-3-5-7-11;1-7(9)8-5-3-2-4-6-8/h2,11H,1,3-10H2;2-6H,1H3. The molecule has 1 aromatic rings. The smallest absolute Gasteiger partial charge is 0.306 e. The highest BCUT2D eigenvalue weighted by atomic mass is 16.5. The van der Waals surface area contributed by atoms with Gasteiger partial charge < -0.3 is 4.74 Å². The van der Waals surface area contributed by atoms with E-state index in [-0.39, 0.29) is 11.8 Å². The third-order valence-electron chi connectivity index (χ3n) is 4.02. The summed E-state index contributed by atoms with van der Waals surface area (Å²) in [6, 6.07) is 9.23. The van der Waals surface area contributed by atoms with Gasteiger partial charge in [-0.05, 0) is 19.3 Å². The number of Topliss-reactive ketones (excluding diaryl/α,β-unsaturated/α-hetero) is 1. The summed E-state index contributed by atoms with van der Waals surface area (Å²) in [5, 5.41) is 0. The Hall–Kier alpha value is -1.90. The molecular weight excluding hydrogens is 288 g/mol. The highest BCUT2D eigenvalue weighted by molar-refractivity contribution is 5.93. The molecule has 0 bridgehead atoms. The number of ketones is 1. The fourth-order valence-corrected chi connectivity index (χ4v) is 2.69. The molecule has 126 valence electrons. The van der Waals surface area contributed by atoms with E-state index in [9.17, 15) is 9.59 Å². The monoisotopic (exact) mass is 316 g/mol. The molecule has 0 spiro atoms. The molecule has 1 saturated carbocycles. The highest BCUT2D eigenvalue weighted by Gasteiger charge is 2.14. The van der Waals surface area contributed by atoms with E-state index in [0.717, 1.165) is 17.9 Å². The fourth-order valence-electron chi connectivity index (χ4n) is 2.69. The number of hydrogen-bond donors (Lipinski definition) is 0. The molecule has 1 aliphatic carbocycles. The van der Waals surface area contributed by atoms with Crippen molar-refractivity contribution in [2.24, 2.45) is 5.92 Å². The maximum Gasteiger partial charge on any atom is 0.306 e.